The van der Waals surface area contributed by atoms with Gasteiger partial charge in [-0.05, 0) is 25.2 Å². The van der Waals surface area contributed by atoms with Gasteiger partial charge in [-0.15, -0.1) is 0 Å². The Morgan fingerprint density at radius 3 is 2.92 bits per heavy atom. The highest BCUT2D eigenvalue weighted by Gasteiger charge is 2.37. The number of nitrogens with zero attached hydrogens (tertiary/aromatic N) is 2. The molecule has 1 unspecified atom stereocenters. The smallest absolute Gasteiger partial charge is 0.126 e. The van der Waals surface area contributed by atoms with Gasteiger partial charge >= 0.3 is 0 Å². The van der Waals surface area contributed by atoms with Crippen LogP contribution in [0.1, 0.15) is 38.5 Å². The molecule has 3 heteroatoms. The molecule has 0 aromatic heterocycles. The summed E-state index contributed by atoms with van der Waals surface area (Å²) >= 11 is 0. The van der Waals surface area contributed by atoms with E-state index in [1.807, 2.05) is 0 Å². The lowest BCUT2D eigenvalue weighted by Gasteiger charge is -2.27. The fraction of sp³-hybridized carbons (Fsp3) is 0.900. The molecule has 1 atom stereocenters. The van der Waals surface area contributed by atoms with Crippen LogP contribution in [0.15, 0.2) is 5.10 Å². The zero-order valence-electron chi connectivity index (χ0n) is 8.00. The number of hydrogen-bond donors (Lipinski definition) is 1. The topological polar surface area (TPSA) is 27.6 Å². The van der Waals surface area contributed by atoms with E-state index in [2.05, 4.69) is 15.4 Å². The maximum Gasteiger partial charge on any atom is 0.126 e. The first-order valence-corrected chi connectivity index (χ1v) is 5.51. The van der Waals surface area contributed by atoms with E-state index in [1.54, 1.807) is 0 Å². The number of fused-ring (bicyclic) bond motifs is 1. The van der Waals surface area contributed by atoms with Gasteiger partial charge in [-0.1, -0.05) is 12.8 Å². The van der Waals surface area contributed by atoms with E-state index in [9.17, 15) is 0 Å². The van der Waals surface area contributed by atoms with E-state index in [-0.39, 0.29) is 0 Å². The minimum Gasteiger partial charge on any atom is -0.336 e. The van der Waals surface area contributed by atoms with Crippen LogP contribution in [0.2, 0.25) is 0 Å². The van der Waals surface area contributed by atoms with Crippen LogP contribution >= 0.6 is 0 Å². The van der Waals surface area contributed by atoms with Crippen LogP contribution < -0.4 is 5.43 Å². The summed E-state index contributed by atoms with van der Waals surface area (Å²) in [4.78, 5) is 2.50. The summed E-state index contributed by atoms with van der Waals surface area (Å²) in [5.41, 5.74) is 3.09. The highest BCUT2D eigenvalue weighted by Crippen LogP contribution is 2.36. The standard InChI is InChI=1S/C10H17N3/c1-2-4-8(3-1)9-5-6-10-12-11-7-13(9)10/h8-9,11H,1-7H2. The quantitative estimate of drug-likeness (QED) is 0.661. The Kier molecular flexibility index (Phi) is 1.70. The number of hydrazone groups is 1. The minimum absolute atomic E-state index is 0.816. The summed E-state index contributed by atoms with van der Waals surface area (Å²) in [5, 5.41) is 4.31. The van der Waals surface area contributed by atoms with Gasteiger partial charge < -0.3 is 4.90 Å². The highest BCUT2D eigenvalue weighted by atomic mass is 15.5. The fourth-order valence-corrected chi connectivity index (χ4v) is 3.13. The summed E-state index contributed by atoms with van der Waals surface area (Å²) in [5.74, 6) is 2.28. The molecular formula is C10H17N3. The van der Waals surface area contributed by atoms with Gasteiger partial charge in [-0.25, -0.2) is 0 Å². The van der Waals surface area contributed by atoms with Crippen molar-refractivity contribution in [1.82, 2.24) is 10.3 Å². The van der Waals surface area contributed by atoms with Crippen molar-refractivity contribution in [1.29, 1.82) is 0 Å². The number of amidine groups is 1. The van der Waals surface area contributed by atoms with Crippen LogP contribution in [0.5, 0.6) is 0 Å². The third-order valence-corrected chi connectivity index (χ3v) is 3.79. The van der Waals surface area contributed by atoms with Gasteiger partial charge in [0, 0.05) is 12.5 Å². The van der Waals surface area contributed by atoms with Gasteiger partial charge in [0.2, 0.25) is 0 Å². The van der Waals surface area contributed by atoms with Crippen molar-refractivity contribution in [2.24, 2.45) is 11.0 Å². The van der Waals surface area contributed by atoms with E-state index in [0.29, 0.717) is 0 Å². The molecule has 0 aromatic rings. The molecule has 0 bridgehead atoms. The predicted octanol–water partition coefficient (Wildman–Crippen LogP) is 1.52. The Bertz CT molecular complexity index is 230. The van der Waals surface area contributed by atoms with E-state index in [4.69, 9.17) is 0 Å². The molecule has 0 aromatic carbocycles. The lowest BCUT2D eigenvalue weighted by Crippen LogP contribution is -2.37. The average molecular weight is 179 g/mol. The van der Waals surface area contributed by atoms with Crippen molar-refractivity contribution in [2.45, 2.75) is 44.6 Å². The normalized spacial score (nSPS) is 33.4. The van der Waals surface area contributed by atoms with E-state index in [0.717, 1.165) is 18.6 Å². The van der Waals surface area contributed by atoms with Crippen molar-refractivity contribution in [2.75, 3.05) is 6.67 Å². The molecule has 72 valence electrons. The fourth-order valence-electron chi connectivity index (χ4n) is 3.13. The molecular weight excluding hydrogens is 162 g/mol. The lowest BCUT2D eigenvalue weighted by atomic mass is 9.96. The molecule has 3 rings (SSSR count). The largest absolute Gasteiger partial charge is 0.336 e. The molecule has 1 N–H and O–H groups in total. The van der Waals surface area contributed by atoms with Gasteiger partial charge in [-0.3, -0.25) is 5.43 Å². The molecule has 0 amide bonds. The number of nitrogens with one attached hydrogen (secondary N) is 1. The van der Waals surface area contributed by atoms with Gasteiger partial charge in [0.1, 0.15) is 12.5 Å². The van der Waals surface area contributed by atoms with Crippen molar-refractivity contribution in [3.05, 3.63) is 0 Å². The van der Waals surface area contributed by atoms with Crippen LogP contribution in [0.4, 0.5) is 0 Å². The van der Waals surface area contributed by atoms with Gasteiger partial charge in [0.05, 0.1) is 0 Å². The monoisotopic (exact) mass is 179 g/mol. The van der Waals surface area contributed by atoms with Crippen molar-refractivity contribution in [3.63, 3.8) is 0 Å². The molecule has 3 nitrogen and oxygen atoms in total. The molecule has 1 saturated carbocycles. The molecule has 2 heterocycles. The lowest BCUT2D eigenvalue weighted by molar-refractivity contribution is 0.248. The van der Waals surface area contributed by atoms with Crippen LogP contribution in [-0.4, -0.2) is 23.4 Å². The second-order valence-electron chi connectivity index (χ2n) is 4.46. The summed E-state index contributed by atoms with van der Waals surface area (Å²) < 4.78 is 0. The second-order valence-corrected chi connectivity index (χ2v) is 4.46. The third-order valence-electron chi connectivity index (χ3n) is 3.79. The SMILES string of the molecule is C1CCC(C2CCC3=NNCN32)C1. The van der Waals surface area contributed by atoms with E-state index in [1.165, 1.54) is 44.4 Å². The van der Waals surface area contributed by atoms with Crippen LogP contribution in [0.25, 0.3) is 0 Å². The minimum atomic E-state index is 0.816. The number of hydrogen-bond acceptors (Lipinski definition) is 3. The highest BCUT2D eigenvalue weighted by molar-refractivity contribution is 5.85. The van der Waals surface area contributed by atoms with Crippen LogP contribution in [0.3, 0.4) is 0 Å². The Morgan fingerprint density at radius 2 is 2.08 bits per heavy atom. The predicted molar refractivity (Wildman–Crippen MR) is 52.3 cm³/mol. The maximum atomic E-state index is 4.31. The summed E-state index contributed by atoms with van der Waals surface area (Å²) in [6, 6.07) is 0.816. The van der Waals surface area contributed by atoms with Gasteiger partial charge in [0.25, 0.3) is 0 Å². The summed E-state index contributed by atoms with van der Waals surface area (Å²) in [6.45, 7) is 0.969. The molecule has 1 saturated heterocycles. The van der Waals surface area contributed by atoms with Crippen LogP contribution in [0, 0.1) is 5.92 Å². The first kappa shape index (κ1) is 7.65. The Hall–Kier alpha value is -0.730. The maximum absolute atomic E-state index is 4.31. The molecule has 13 heavy (non-hydrogen) atoms. The average Bonchev–Trinajstić information content (AvgIpc) is 2.79. The zero-order chi connectivity index (χ0) is 8.67. The number of rotatable bonds is 1. The van der Waals surface area contributed by atoms with Crippen molar-refractivity contribution >= 4 is 5.84 Å². The Balaban J connectivity index is 1.74. The summed E-state index contributed by atoms with van der Waals surface area (Å²) in [7, 11) is 0. The Labute approximate surface area is 79.2 Å². The van der Waals surface area contributed by atoms with E-state index < -0.39 is 0 Å². The molecule has 0 radical (unpaired) electrons. The van der Waals surface area contributed by atoms with Crippen molar-refractivity contribution < 1.29 is 0 Å². The van der Waals surface area contributed by atoms with Crippen molar-refractivity contribution in [3.8, 4) is 0 Å². The molecule has 2 aliphatic heterocycles. The molecule has 2 fully saturated rings. The third kappa shape index (κ3) is 1.13. The first-order valence-electron chi connectivity index (χ1n) is 5.51. The molecule has 0 spiro atoms. The molecule has 3 aliphatic rings. The Morgan fingerprint density at radius 1 is 1.23 bits per heavy atom. The summed E-state index contributed by atoms with van der Waals surface area (Å²) in [6.07, 6.45) is 8.37. The zero-order valence-corrected chi connectivity index (χ0v) is 8.00. The molecule has 1 aliphatic carbocycles. The van der Waals surface area contributed by atoms with Gasteiger partial charge in [-0.2, -0.15) is 5.10 Å². The van der Waals surface area contributed by atoms with Crippen LogP contribution in [-0.2, 0) is 0 Å². The second kappa shape index (κ2) is 2.89. The first-order chi connectivity index (χ1) is 6.45. The van der Waals surface area contributed by atoms with Gasteiger partial charge in [0.15, 0.2) is 0 Å². The van der Waals surface area contributed by atoms with E-state index >= 15 is 0 Å².